The lowest BCUT2D eigenvalue weighted by molar-refractivity contribution is 0.140. The summed E-state index contributed by atoms with van der Waals surface area (Å²) < 4.78 is 0. The van der Waals surface area contributed by atoms with Gasteiger partial charge < -0.3 is 10.3 Å². The second kappa shape index (κ2) is 6.13. The highest BCUT2D eigenvalue weighted by Crippen LogP contribution is 2.17. The lowest BCUT2D eigenvalue weighted by atomic mass is 10.0. The van der Waals surface area contributed by atoms with Gasteiger partial charge in [-0.15, -0.1) is 0 Å². The third-order valence-electron chi connectivity index (χ3n) is 3.67. The van der Waals surface area contributed by atoms with Crippen LogP contribution in [0, 0.1) is 0 Å². The number of aromatic nitrogens is 1. The van der Waals surface area contributed by atoms with Crippen LogP contribution in [0.2, 0.25) is 0 Å². The Bertz CT molecular complexity index is 371. The van der Waals surface area contributed by atoms with Crippen LogP contribution >= 0.6 is 0 Å². The zero-order valence-corrected chi connectivity index (χ0v) is 11.3. The number of anilines is 1. The lowest BCUT2D eigenvalue weighted by Gasteiger charge is -2.35. The molecular formula is C13H23N5. The number of nitrogen functional groups attached to an aromatic ring is 1. The molecule has 5 heteroatoms. The quantitative estimate of drug-likeness (QED) is 0.613. The molecule has 0 aliphatic carbocycles. The SMILES string of the molecule is CN(C)C1CCN(Cc2ccnc(NN)c2)CC1. The van der Waals surface area contributed by atoms with E-state index in [9.17, 15) is 0 Å². The third-order valence-corrected chi connectivity index (χ3v) is 3.67. The van der Waals surface area contributed by atoms with Crippen LogP contribution in [-0.2, 0) is 6.54 Å². The number of likely N-dealkylation sites (tertiary alicyclic amines) is 1. The van der Waals surface area contributed by atoms with E-state index in [0.29, 0.717) is 0 Å². The van der Waals surface area contributed by atoms with E-state index in [2.05, 4.69) is 40.4 Å². The fraction of sp³-hybridized carbons (Fsp3) is 0.615. The Morgan fingerprint density at radius 2 is 2.17 bits per heavy atom. The van der Waals surface area contributed by atoms with Crippen molar-refractivity contribution >= 4 is 5.82 Å². The van der Waals surface area contributed by atoms with E-state index in [1.165, 1.54) is 18.4 Å². The molecule has 0 radical (unpaired) electrons. The second-order valence-corrected chi connectivity index (χ2v) is 5.16. The number of nitrogens with two attached hydrogens (primary N) is 1. The first-order valence-electron chi connectivity index (χ1n) is 6.49. The second-order valence-electron chi connectivity index (χ2n) is 5.16. The number of piperidine rings is 1. The van der Waals surface area contributed by atoms with Gasteiger partial charge in [0.2, 0.25) is 0 Å². The predicted octanol–water partition coefficient (Wildman–Crippen LogP) is 0.893. The Hall–Kier alpha value is -1.17. The standard InChI is InChI=1S/C13H23N5/c1-17(2)12-4-7-18(8-5-12)10-11-3-6-15-13(9-11)16-14/h3,6,9,12H,4-5,7-8,10,14H2,1-2H3,(H,15,16). The zero-order valence-electron chi connectivity index (χ0n) is 11.3. The van der Waals surface area contributed by atoms with Crippen molar-refractivity contribution in [3.63, 3.8) is 0 Å². The van der Waals surface area contributed by atoms with E-state index in [1.54, 1.807) is 6.20 Å². The number of nitrogens with one attached hydrogen (secondary N) is 1. The van der Waals surface area contributed by atoms with Crippen LogP contribution in [0.3, 0.4) is 0 Å². The van der Waals surface area contributed by atoms with Gasteiger partial charge in [-0.2, -0.15) is 0 Å². The van der Waals surface area contributed by atoms with Gasteiger partial charge in [0.05, 0.1) is 0 Å². The Balaban J connectivity index is 1.87. The third kappa shape index (κ3) is 3.41. The number of nitrogens with zero attached hydrogens (tertiary/aromatic N) is 3. The number of pyridine rings is 1. The molecule has 3 N–H and O–H groups in total. The minimum Gasteiger partial charge on any atom is -0.308 e. The molecule has 2 heterocycles. The van der Waals surface area contributed by atoms with Gasteiger partial charge in [-0.1, -0.05) is 0 Å². The van der Waals surface area contributed by atoms with Gasteiger partial charge in [-0.25, -0.2) is 10.8 Å². The zero-order chi connectivity index (χ0) is 13.0. The Morgan fingerprint density at radius 1 is 1.44 bits per heavy atom. The Labute approximate surface area is 109 Å². The molecule has 1 aliphatic heterocycles. The molecule has 1 saturated heterocycles. The monoisotopic (exact) mass is 249 g/mol. The maximum absolute atomic E-state index is 5.37. The van der Waals surface area contributed by atoms with E-state index < -0.39 is 0 Å². The fourth-order valence-corrected chi connectivity index (χ4v) is 2.50. The first-order chi connectivity index (χ1) is 8.69. The molecule has 5 nitrogen and oxygen atoms in total. The molecule has 0 saturated carbocycles. The van der Waals surface area contributed by atoms with Crippen LogP contribution in [-0.4, -0.2) is 48.0 Å². The van der Waals surface area contributed by atoms with Crippen LogP contribution in [0.1, 0.15) is 18.4 Å². The number of hydrogen-bond acceptors (Lipinski definition) is 5. The van der Waals surface area contributed by atoms with Crippen LogP contribution in [0.4, 0.5) is 5.82 Å². The molecule has 0 bridgehead atoms. The summed E-state index contributed by atoms with van der Waals surface area (Å²) in [6.07, 6.45) is 4.30. The Kier molecular flexibility index (Phi) is 4.52. The average Bonchev–Trinajstić information content (AvgIpc) is 2.39. The normalized spacial score (nSPS) is 18.2. The minimum absolute atomic E-state index is 0.732. The first-order valence-corrected chi connectivity index (χ1v) is 6.49. The van der Waals surface area contributed by atoms with E-state index in [1.807, 2.05) is 6.07 Å². The number of rotatable bonds is 4. The number of hydrogen-bond donors (Lipinski definition) is 2. The van der Waals surface area contributed by atoms with Crippen molar-refractivity contribution in [2.24, 2.45) is 5.84 Å². The van der Waals surface area contributed by atoms with Gasteiger partial charge in [0.25, 0.3) is 0 Å². The van der Waals surface area contributed by atoms with Crippen LogP contribution in [0.15, 0.2) is 18.3 Å². The average molecular weight is 249 g/mol. The largest absolute Gasteiger partial charge is 0.308 e. The highest BCUT2D eigenvalue weighted by Gasteiger charge is 2.20. The summed E-state index contributed by atoms with van der Waals surface area (Å²) in [5, 5.41) is 0. The summed E-state index contributed by atoms with van der Waals surface area (Å²) in [6.45, 7) is 3.31. The van der Waals surface area contributed by atoms with Crippen LogP contribution in [0.5, 0.6) is 0 Å². The van der Waals surface area contributed by atoms with Crippen LogP contribution in [0.25, 0.3) is 0 Å². The topological polar surface area (TPSA) is 57.4 Å². The van der Waals surface area contributed by atoms with E-state index in [-0.39, 0.29) is 0 Å². The molecule has 2 rings (SSSR count). The van der Waals surface area contributed by atoms with Crippen molar-refractivity contribution in [2.45, 2.75) is 25.4 Å². The van der Waals surface area contributed by atoms with Gasteiger partial charge in [0.15, 0.2) is 0 Å². The summed E-state index contributed by atoms with van der Waals surface area (Å²) in [6, 6.07) is 4.80. The fourth-order valence-electron chi connectivity index (χ4n) is 2.50. The summed E-state index contributed by atoms with van der Waals surface area (Å²) in [5.74, 6) is 6.10. The van der Waals surface area contributed by atoms with E-state index in [4.69, 9.17) is 5.84 Å². The van der Waals surface area contributed by atoms with Crippen molar-refractivity contribution < 1.29 is 0 Å². The van der Waals surface area contributed by atoms with Crippen molar-refractivity contribution in [3.05, 3.63) is 23.9 Å². The highest BCUT2D eigenvalue weighted by molar-refractivity contribution is 5.35. The minimum atomic E-state index is 0.732. The molecule has 1 fully saturated rings. The van der Waals surface area contributed by atoms with Crippen molar-refractivity contribution in [1.82, 2.24) is 14.8 Å². The predicted molar refractivity (Wildman–Crippen MR) is 74.0 cm³/mol. The van der Waals surface area contributed by atoms with E-state index >= 15 is 0 Å². The lowest BCUT2D eigenvalue weighted by Crippen LogP contribution is -2.41. The van der Waals surface area contributed by atoms with Crippen molar-refractivity contribution in [2.75, 3.05) is 32.6 Å². The summed E-state index contributed by atoms with van der Waals surface area (Å²) in [5.41, 5.74) is 3.86. The van der Waals surface area contributed by atoms with Gasteiger partial charge in [-0.3, -0.25) is 4.90 Å². The van der Waals surface area contributed by atoms with Crippen LogP contribution < -0.4 is 11.3 Å². The van der Waals surface area contributed by atoms with Gasteiger partial charge in [0.1, 0.15) is 5.82 Å². The smallest absolute Gasteiger partial charge is 0.140 e. The van der Waals surface area contributed by atoms with Gasteiger partial charge in [-0.05, 0) is 57.7 Å². The summed E-state index contributed by atoms with van der Waals surface area (Å²) in [7, 11) is 4.34. The van der Waals surface area contributed by atoms with Gasteiger partial charge >= 0.3 is 0 Å². The maximum atomic E-state index is 5.37. The summed E-state index contributed by atoms with van der Waals surface area (Å²) >= 11 is 0. The first kappa shape index (κ1) is 13.3. The molecule has 18 heavy (non-hydrogen) atoms. The molecule has 0 aromatic carbocycles. The molecule has 1 aromatic heterocycles. The molecule has 0 amide bonds. The molecule has 100 valence electrons. The maximum Gasteiger partial charge on any atom is 0.140 e. The molecule has 1 aliphatic rings. The molecule has 1 aromatic rings. The molecular weight excluding hydrogens is 226 g/mol. The highest BCUT2D eigenvalue weighted by atomic mass is 15.2. The number of hydrazine groups is 1. The Morgan fingerprint density at radius 3 is 2.78 bits per heavy atom. The molecule has 0 atom stereocenters. The van der Waals surface area contributed by atoms with Crippen molar-refractivity contribution in [1.29, 1.82) is 0 Å². The van der Waals surface area contributed by atoms with Crippen molar-refractivity contribution in [3.8, 4) is 0 Å². The molecule has 0 spiro atoms. The summed E-state index contributed by atoms with van der Waals surface area (Å²) in [4.78, 5) is 8.95. The van der Waals surface area contributed by atoms with E-state index in [0.717, 1.165) is 31.5 Å². The molecule has 0 unspecified atom stereocenters. The van der Waals surface area contributed by atoms with Gasteiger partial charge in [0, 0.05) is 18.8 Å².